The highest BCUT2D eigenvalue weighted by atomic mass is 16.5. The molecule has 1 aromatic rings. The molecule has 0 aliphatic heterocycles. The minimum Gasteiger partial charge on any atom is -0.374 e. The van der Waals surface area contributed by atoms with Crippen molar-refractivity contribution < 1.29 is 4.74 Å². The molecule has 19 heavy (non-hydrogen) atoms. The Bertz CT molecular complexity index is 383. The molecule has 0 aromatic carbocycles. The molecule has 0 bridgehead atoms. The van der Waals surface area contributed by atoms with Gasteiger partial charge in [-0.1, -0.05) is 13.8 Å². The summed E-state index contributed by atoms with van der Waals surface area (Å²) in [5.41, 5.74) is 8.50. The molecule has 1 unspecified atom stereocenters. The highest BCUT2D eigenvalue weighted by Gasteiger charge is 2.34. The molecule has 0 saturated carbocycles. The summed E-state index contributed by atoms with van der Waals surface area (Å²) in [4.78, 5) is 0. The van der Waals surface area contributed by atoms with Crippen LogP contribution in [0, 0.1) is 6.92 Å². The van der Waals surface area contributed by atoms with Crippen LogP contribution >= 0.6 is 0 Å². The minimum absolute atomic E-state index is 0.00356. The van der Waals surface area contributed by atoms with E-state index in [0.717, 1.165) is 31.5 Å². The van der Waals surface area contributed by atoms with Crippen molar-refractivity contribution in [3.05, 3.63) is 17.5 Å². The van der Waals surface area contributed by atoms with Gasteiger partial charge in [-0.3, -0.25) is 4.68 Å². The van der Waals surface area contributed by atoms with Crippen molar-refractivity contribution in [1.29, 1.82) is 0 Å². The van der Waals surface area contributed by atoms with E-state index in [9.17, 15) is 0 Å². The van der Waals surface area contributed by atoms with Crippen LogP contribution < -0.4 is 5.73 Å². The molecule has 1 aromatic heterocycles. The van der Waals surface area contributed by atoms with Gasteiger partial charge in [-0.25, -0.2) is 0 Å². The Kier molecular flexibility index (Phi) is 6.01. The highest BCUT2D eigenvalue weighted by Crippen LogP contribution is 2.26. The van der Waals surface area contributed by atoms with E-state index in [0.29, 0.717) is 6.61 Å². The van der Waals surface area contributed by atoms with E-state index in [4.69, 9.17) is 10.5 Å². The SMILES string of the molecule is CCOC(CC)(CC)C(N)Cc1cc(C)nn1CC. The first kappa shape index (κ1) is 16.2. The van der Waals surface area contributed by atoms with Gasteiger partial charge in [0.05, 0.1) is 11.3 Å². The van der Waals surface area contributed by atoms with Crippen LogP contribution in [0.25, 0.3) is 0 Å². The van der Waals surface area contributed by atoms with E-state index >= 15 is 0 Å². The third-order valence-electron chi connectivity index (χ3n) is 4.02. The maximum atomic E-state index is 6.46. The molecular formula is C15H29N3O. The Morgan fingerprint density at radius 2 is 1.95 bits per heavy atom. The van der Waals surface area contributed by atoms with Crippen LogP contribution in [0.4, 0.5) is 0 Å². The number of ether oxygens (including phenoxy) is 1. The van der Waals surface area contributed by atoms with Gasteiger partial charge in [-0.15, -0.1) is 0 Å². The number of aryl methyl sites for hydroxylation is 2. The second-order valence-electron chi connectivity index (χ2n) is 5.11. The number of nitrogens with two attached hydrogens (primary N) is 1. The van der Waals surface area contributed by atoms with Crippen molar-refractivity contribution in [3.8, 4) is 0 Å². The zero-order valence-corrected chi connectivity index (χ0v) is 13.1. The van der Waals surface area contributed by atoms with Gasteiger partial charge in [0.15, 0.2) is 0 Å². The summed E-state index contributed by atoms with van der Waals surface area (Å²) < 4.78 is 8.03. The number of aromatic nitrogens is 2. The van der Waals surface area contributed by atoms with E-state index in [-0.39, 0.29) is 11.6 Å². The molecule has 4 nitrogen and oxygen atoms in total. The first-order chi connectivity index (χ1) is 9.02. The Hall–Kier alpha value is -0.870. The second kappa shape index (κ2) is 7.06. The zero-order chi connectivity index (χ0) is 14.5. The van der Waals surface area contributed by atoms with Crippen LogP contribution in [0.3, 0.4) is 0 Å². The molecule has 2 N–H and O–H groups in total. The molecule has 0 spiro atoms. The van der Waals surface area contributed by atoms with E-state index in [1.165, 1.54) is 5.69 Å². The first-order valence-electron chi connectivity index (χ1n) is 7.45. The number of nitrogens with zero attached hydrogens (tertiary/aromatic N) is 2. The molecule has 0 radical (unpaired) electrons. The molecule has 0 fully saturated rings. The topological polar surface area (TPSA) is 53.1 Å². The maximum absolute atomic E-state index is 6.46. The fourth-order valence-corrected chi connectivity index (χ4v) is 2.82. The van der Waals surface area contributed by atoms with Gasteiger partial charge in [0.25, 0.3) is 0 Å². The number of rotatable bonds is 8. The fraction of sp³-hybridized carbons (Fsp3) is 0.800. The average Bonchev–Trinajstić information content (AvgIpc) is 2.76. The van der Waals surface area contributed by atoms with Crippen LogP contribution in [0.5, 0.6) is 0 Å². The maximum Gasteiger partial charge on any atom is 0.0831 e. The standard InChI is InChI=1S/C15H29N3O/c1-6-15(7-2,19-9-4)14(16)11-13-10-12(5)17-18(13)8-3/h10,14H,6-9,11,16H2,1-5H3. The molecule has 110 valence electrons. The van der Waals surface area contributed by atoms with Crippen molar-refractivity contribution in [3.63, 3.8) is 0 Å². The quantitative estimate of drug-likeness (QED) is 0.788. The van der Waals surface area contributed by atoms with Crippen LogP contribution in [0.2, 0.25) is 0 Å². The average molecular weight is 267 g/mol. The number of hydrogen-bond acceptors (Lipinski definition) is 3. The summed E-state index contributed by atoms with van der Waals surface area (Å²) in [7, 11) is 0. The molecule has 0 saturated heterocycles. The molecule has 0 amide bonds. The summed E-state index contributed by atoms with van der Waals surface area (Å²) >= 11 is 0. The summed E-state index contributed by atoms with van der Waals surface area (Å²) in [5, 5.41) is 4.48. The van der Waals surface area contributed by atoms with E-state index in [1.807, 2.05) is 18.5 Å². The Labute approximate surface area is 117 Å². The summed E-state index contributed by atoms with van der Waals surface area (Å²) in [5.74, 6) is 0. The lowest BCUT2D eigenvalue weighted by atomic mass is 9.86. The van der Waals surface area contributed by atoms with Crippen molar-refractivity contribution >= 4 is 0 Å². The van der Waals surface area contributed by atoms with E-state index in [1.54, 1.807) is 0 Å². The van der Waals surface area contributed by atoms with Gasteiger partial charge in [0, 0.05) is 31.3 Å². The molecular weight excluding hydrogens is 238 g/mol. The van der Waals surface area contributed by atoms with E-state index in [2.05, 4.69) is 31.9 Å². The molecule has 4 heteroatoms. The normalized spacial score (nSPS) is 13.8. The van der Waals surface area contributed by atoms with Crippen LogP contribution in [0.15, 0.2) is 6.07 Å². The lowest BCUT2D eigenvalue weighted by Crippen LogP contribution is -2.50. The van der Waals surface area contributed by atoms with Crippen molar-refractivity contribution in [2.45, 2.75) is 72.1 Å². The highest BCUT2D eigenvalue weighted by molar-refractivity contribution is 5.12. The van der Waals surface area contributed by atoms with Crippen LogP contribution in [-0.2, 0) is 17.7 Å². The van der Waals surface area contributed by atoms with Crippen LogP contribution in [-0.4, -0.2) is 28.0 Å². The summed E-state index contributed by atoms with van der Waals surface area (Å²) in [6.07, 6.45) is 2.70. The summed E-state index contributed by atoms with van der Waals surface area (Å²) in [6.45, 7) is 12.1. The van der Waals surface area contributed by atoms with Gasteiger partial charge in [-0.05, 0) is 39.7 Å². The third kappa shape index (κ3) is 3.57. The molecule has 1 heterocycles. The van der Waals surface area contributed by atoms with Gasteiger partial charge >= 0.3 is 0 Å². The fourth-order valence-electron chi connectivity index (χ4n) is 2.82. The third-order valence-corrected chi connectivity index (χ3v) is 4.02. The Balaban J connectivity index is 2.89. The predicted molar refractivity (Wildman–Crippen MR) is 79.3 cm³/mol. The van der Waals surface area contributed by atoms with Crippen molar-refractivity contribution in [1.82, 2.24) is 9.78 Å². The second-order valence-corrected chi connectivity index (χ2v) is 5.11. The van der Waals surface area contributed by atoms with Crippen LogP contribution in [0.1, 0.15) is 51.9 Å². The molecule has 1 atom stereocenters. The Morgan fingerprint density at radius 1 is 1.32 bits per heavy atom. The molecule has 0 aliphatic carbocycles. The smallest absolute Gasteiger partial charge is 0.0831 e. The first-order valence-corrected chi connectivity index (χ1v) is 7.45. The van der Waals surface area contributed by atoms with Gasteiger partial charge in [0.2, 0.25) is 0 Å². The van der Waals surface area contributed by atoms with Gasteiger partial charge in [0.1, 0.15) is 0 Å². The molecule has 0 aliphatic rings. The Morgan fingerprint density at radius 3 is 2.42 bits per heavy atom. The van der Waals surface area contributed by atoms with E-state index < -0.39 is 0 Å². The number of hydrogen-bond donors (Lipinski definition) is 1. The largest absolute Gasteiger partial charge is 0.374 e. The molecule has 1 rings (SSSR count). The van der Waals surface area contributed by atoms with Gasteiger partial charge < -0.3 is 10.5 Å². The zero-order valence-electron chi connectivity index (χ0n) is 13.1. The van der Waals surface area contributed by atoms with Crippen molar-refractivity contribution in [2.75, 3.05) is 6.61 Å². The predicted octanol–water partition coefficient (Wildman–Crippen LogP) is 2.68. The summed E-state index contributed by atoms with van der Waals surface area (Å²) in [6, 6.07) is 2.13. The lowest BCUT2D eigenvalue weighted by Gasteiger charge is -2.37. The lowest BCUT2D eigenvalue weighted by molar-refractivity contribution is -0.0636. The monoisotopic (exact) mass is 267 g/mol. The minimum atomic E-state index is -0.217. The van der Waals surface area contributed by atoms with Crippen molar-refractivity contribution in [2.24, 2.45) is 5.73 Å². The van der Waals surface area contributed by atoms with Gasteiger partial charge in [-0.2, -0.15) is 5.10 Å².